The van der Waals surface area contributed by atoms with Crippen LogP contribution >= 0.6 is 0 Å². The lowest BCUT2D eigenvalue weighted by Gasteiger charge is -2.35. The van der Waals surface area contributed by atoms with E-state index in [4.69, 9.17) is 14.2 Å². The lowest BCUT2D eigenvalue weighted by Crippen LogP contribution is -3.16. The van der Waals surface area contributed by atoms with Crippen LogP contribution in [0.25, 0.3) is 0 Å². The van der Waals surface area contributed by atoms with E-state index in [1.54, 1.807) is 14.2 Å². The largest absolute Gasteiger partial charge is 0.497 e. The molecule has 2 aromatic rings. The van der Waals surface area contributed by atoms with Gasteiger partial charge in [-0.15, -0.1) is 0 Å². The van der Waals surface area contributed by atoms with Crippen LogP contribution in [-0.4, -0.2) is 64.8 Å². The minimum absolute atomic E-state index is 0.285. The van der Waals surface area contributed by atoms with Gasteiger partial charge in [-0.05, 0) is 24.3 Å². The van der Waals surface area contributed by atoms with Gasteiger partial charge in [-0.2, -0.15) is 0 Å². The van der Waals surface area contributed by atoms with E-state index in [0.29, 0.717) is 12.3 Å². The summed E-state index contributed by atoms with van der Waals surface area (Å²) in [6, 6.07) is 15.6. The molecule has 0 unspecified atom stereocenters. The average molecular weight is 373 g/mol. The first-order valence-corrected chi connectivity index (χ1v) is 9.36. The summed E-state index contributed by atoms with van der Waals surface area (Å²) in [6.07, 6.45) is -0.496. The molecule has 2 N–H and O–H groups in total. The molecule has 1 aliphatic rings. The Balaban J connectivity index is 1.44. The third-order valence-electron chi connectivity index (χ3n) is 4.90. The highest BCUT2D eigenvalue weighted by Crippen LogP contribution is 2.27. The zero-order valence-corrected chi connectivity index (χ0v) is 16.1. The predicted octanol–water partition coefficient (Wildman–Crippen LogP) is 0.849. The van der Waals surface area contributed by atoms with E-state index in [2.05, 4.69) is 11.0 Å². The van der Waals surface area contributed by atoms with Gasteiger partial charge in [0, 0.05) is 6.07 Å². The maximum absolute atomic E-state index is 10.3. The molecule has 1 heterocycles. The smallest absolute Gasteiger partial charge is 0.142 e. The Morgan fingerprint density at radius 1 is 1.00 bits per heavy atom. The van der Waals surface area contributed by atoms with E-state index in [9.17, 15) is 5.11 Å². The van der Waals surface area contributed by atoms with Gasteiger partial charge in [-0.3, -0.25) is 0 Å². The summed E-state index contributed by atoms with van der Waals surface area (Å²) in [5.74, 6) is 2.37. The lowest BCUT2D eigenvalue weighted by atomic mass is 10.2. The van der Waals surface area contributed by atoms with Gasteiger partial charge in [0.15, 0.2) is 0 Å². The number of aliphatic hydroxyl groups excluding tert-OH is 1. The third kappa shape index (κ3) is 5.28. The van der Waals surface area contributed by atoms with Gasteiger partial charge in [0.05, 0.1) is 46.1 Å². The van der Waals surface area contributed by atoms with Gasteiger partial charge in [0.25, 0.3) is 0 Å². The van der Waals surface area contributed by atoms with Crippen molar-refractivity contribution in [3.63, 3.8) is 0 Å². The quantitative estimate of drug-likeness (QED) is 0.719. The number of para-hydroxylation sites is 2. The highest BCUT2D eigenvalue weighted by Gasteiger charge is 2.24. The van der Waals surface area contributed by atoms with Gasteiger partial charge < -0.3 is 29.1 Å². The number of anilines is 1. The number of quaternary nitrogens is 1. The molecule has 0 amide bonds. The number of aliphatic hydroxyl groups is 1. The number of rotatable bonds is 8. The van der Waals surface area contributed by atoms with Gasteiger partial charge in [0.1, 0.15) is 36.5 Å². The molecule has 0 aromatic heterocycles. The number of ether oxygens (including phenoxy) is 3. The van der Waals surface area contributed by atoms with Crippen molar-refractivity contribution in [1.82, 2.24) is 0 Å². The second kappa shape index (κ2) is 9.48. The topological polar surface area (TPSA) is 55.6 Å². The fraction of sp³-hybridized carbons (Fsp3) is 0.429. The minimum atomic E-state index is -0.496. The SMILES string of the molecule is COc1cccc(OC[C@@H](O)C[NH+]2CCN(c3ccccc3OC)CC2)c1. The molecule has 0 radical (unpaired) electrons. The Morgan fingerprint density at radius 3 is 2.48 bits per heavy atom. The molecule has 1 saturated heterocycles. The first-order valence-electron chi connectivity index (χ1n) is 9.36. The van der Waals surface area contributed by atoms with E-state index in [-0.39, 0.29) is 6.61 Å². The number of benzene rings is 2. The van der Waals surface area contributed by atoms with Gasteiger partial charge in [0.2, 0.25) is 0 Å². The van der Waals surface area contributed by atoms with E-state index in [1.807, 2.05) is 42.5 Å². The number of methoxy groups -OCH3 is 2. The van der Waals surface area contributed by atoms with Crippen LogP contribution in [0.15, 0.2) is 48.5 Å². The fourth-order valence-electron chi connectivity index (χ4n) is 3.43. The van der Waals surface area contributed by atoms with Crippen molar-refractivity contribution in [2.45, 2.75) is 6.10 Å². The van der Waals surface area contributed by atoms with Crippen molar-refractivity contribution in [1.29, 1.82) is 0 Å². The van der Waals surface area contributed by atoms with Crippen LogP contribution in [0.3, 0.4) is 0 Å². The van der Waals surface area contributed by atoms with Crippen LogP contribution in [0.1, 0.15) is 0 Å². The molecule has 1 aliphatic heterocycles. The Kier molecular flexibility index (Phi) is 6.79. The number of hydrogen-bond donors (Lipinski definition) is 2. The molecule has 0 bridgehead atoms. The monoisotopic (exact) mass is 373 g/mol. The summed E-state index contributed by atoms with van der Waals surface area (Å²) >= 11 is 0. The van der Waals surface area contributed by atoms with E-state index < -0.39 is 6.10 Å². The van der Waals surface area contributed by atoms with Crippen LogP contribution in [-0.2, 0) is 0 Å². The number of hydrogen-bond acceptors (Lipinski definition) is 5. The van der Waals surface area contributed by atoms with Crippen molar-refractivity contribution in [3.05, 3.63) is 48.5 Å². The van der Waals surface area contributed by atoms with Crippen molar-refractivity contribution in [2.75, 3.05) is 58.5 Å². The average Bonchev–Trinajstić information content (AvgIpc) is 2.73. The van der Waals surface area contributed by atoms with E-state index >= 15 is 0 Å². The molecule has 27 heavy (non-hydrogen) atoms. The molecular formula is C21H29N2O4+. The van der Waals surface area contributed by atoms with Crippen LogP contribution in [0, 0.1) is 0 Å². The van der Waals surface area contributed by atoms with Crippen molar-refractivity contribution < 1.29 is 24.2 Å². The summed E-state index contributed by atoms with van der Waals surface area (Å²) in [4.78, 5) is 3.74. The summed E-state index contributed by atoms with van der Waals surface area (Å²) in [5.41, 5.74) is 1.14. The number of nitrogens with zero attached hydrogens (tertiary/aromatic N) is 1. The maximum Gasteiger partial charge on any atom is 0.142 e. The Hall–Kier alpha value is -2.44. The van der Waals surface area contributed by atoms with Crippen LogP contribution in [0.4, 0.5) is 5.69 Å². The van der Waals surface area contributed by atoms with Crippen LogP contribution < -0.4 is 24.0 Å². The summed E-state index contributed by atoms with van der Waals surface area (Å²) in [5, 5.41) is 10.3. The molecule has 1 atom stereocenters. The Labute approximate surface area is 160 Å². The highest BCUT2D eigenvalue weighted by molar-refractivity contribution is 5.58. The number of nitrogens with one attached hydrogen (secondary N) is 1. The zero-order valence-electron chi connectivity index (χ0n) is 16.1. The van der Waals surface area contributed by atoms with Gasteiger partial charge in [-0.25, -0.2) is 0 Å². The first kappa shape index (κ1) is 19.3. The van der Waals surface area contributed by atoms with Crippen molar-refractivity contribution >= 4 is 5.69 Å². The van der Waals surface area contributed by atoms with Crippen LogP contribution in [0.2, 0.25) is 0 Å². The fourth-order valence-corrected chi connectivity index (χ4v) is 3.43. The first-order chi connectivity index (χ1) is 13.2. The second-order valence-electron chi connectivity index (χ2n) is 6.76. The van der Waals surface area contributed by atoms with Crippen molar-refractivity contribution in [3.8, 4) is 17.2 Å². The van der Waals surface area contributed by atoms with E-state index in [0.717, 1.165) is 43.4 Å². The maximum atomic E-state index is 10.3. The Bertz CT molecular complexity index is 717. The van der Waals surface area contributed by atoms with E-state index in [1.165, 1.54) is 4.90 Å². The summed E-state index contributed by atoms with van der Waals surface area (Å²) < 4.78 is 16.4. The van der Waals surface area contributed by atoms with Gasteiger partial charge in [-0.1, -0.05) is 18.2 Å². The van der Waals surface area contributed by atoms with Crippen LogP contribution in [0.5, 0.6) is 17.2 Å². The highest BCUT2D eigenvalue weighted by atomic mass is 16.5. The molecule has 3 rings (SSSR count). The second-order valence-corrected chi connectivity index (χ2v) is 6.76. The summed E-state index contributed by atoms with van der Waals surface area (Å²) in [6.45, 7) is 4.82. The molecule has 6 nitrogen and oxygen atoms in total. The molecule has 0 aliphatic carbocycles. The normalized spacial score (nSPS) is 16.0. The number of piperazine rings is 1. The third-order valence-corrected chi connectivity index (χ3v) is 4.90. The lowest BCUT2D eigenvalue weighted by molar-refractivity contribution is -0.903. The van der Waals surface area contributed by atoms with Gasteiger partial charge >= 0.3 is 0 Å². The minimum Gasteiger partial charge on any atom is -0.497 e. The molecule has 6 heteroatoms. The predicted molar refractivity (Wildman–Crippen MR) is 105 cm³/mol. The zero-order chi connectivity index (χ0) is 19.1. The molecule has 0 spiro atoms. The molecule has 1 fully saturated rings. The molecule has 146 valence electrons. The molecule has 2 aromatic carbocycles. The molecule has 0 saturated carbocycles. The Morgan fingerprint density at radius 2 is 1.74 bits per heavy atom. The van der Waals surface area contributed by atoms with Crippen molar-refractivity contribution in [2.24, 2.45) is 0 Å². The summed E-state index contributed by atoms with van der Waals surface area (Å²) in [7, 11) is 3.33. The standard InChI is InChI=1S/C21H28N2O4/c1-25-18-6-5-7-19(14-18)27-16-17(24)15-22-10-12-23(13-11-22)20-8-3-4-9-21(20)26-2/h3-9,14,17,24H,10-13,15-16H2,1-2H3/p+1/t17-/m0/s1. The molecular weight excluding hydrogens is 344 g/mol.